The van der Waals surface area contributed by atoms with E-state index in [0.717, 1.165) is 0 Å². The van der Waals surface area contributed by atoms with Gasteiger partial charge in [0, 0.05) is 8.59 Å². The second-order valence-electron chi connectivity index (χ2n) is 3.19. The molecule has 1 aromatic carbocycles. The lowest BCUT2D eigenvalue weighted by molar-refractivity contribution is -0.146. The van der Waals surface area contributed by atoms with Crippen LogP contribution in [0, 0.1) is 3.57 Å². The molecule has 0 aliphatic carbocycles. The van der Waals surface area contributed by atoms with E-state index in [9.17, 15) is 9.59 Å². The van der Waals surface area contributed by atoms with Crippen molar-refractivity contribution in [1.29, 1.82) is 0 Å². The predicted molar refractivity (Wildman–Crippen MR) is 70.1 cm³/mol. The van der Waals surface area contributed by atoms with E-state index in [0.29, 0.717) is 14.2 Å². The summed E-state index contributed by atoms with van der Waals surface area (Å²) in [6.45, 7) is -0.350. The Kier molecular flexibility index (Phi) is 5.16. The Bertz CT molecular complexity index is 452. The van der Waals surface area contributed by atoms with Crippen molar-refractivity contribution in [1.82, 2.24) is 5.32 Å². The zero-order chi connectivity index (χ0) is 13.0. The molecule has 0 heterocycles. The van der Waals surface area contributed by atoms with Crippen LogP contribution in [-0.2, 0) is 4.79 Å². The minimum atomic E-state index is -1.62. The first kappa shape index (κ1) is 14.2. The molecule has 5 nitrogen and oxygen atoms in total. The molecule has 1 aromatic rings. The summed E-state index contributed by atoms with van der Waals surface area (Å²) in [6.07, 6.45) is -1.62. The quantitative estimate of drug-likeness (QED) is 0.694. The number of carboxylic acids is 1. The molecule has 17 heavy (non-hydrogen) atoms. The van der Waals surface area contributed by atoms with Crippen molar-refractivity contribution in [2.24, 2.45) is 0 Å². The first-order valence-corrected chi connectivity index (χ1v) is 6.01. The van der Waals surface area contributed by atoms with E-state index in [1.165, 1.54) is 6.07 Å². The Morgan fingerprint density at radius 2 is 2.12 bits per heavy atom. The maximum Gasteiger partial charge on any atom is 0.334 e. The lowest BCUT2D eigenvalue weighted by Crippen LogP contribution is -2.36. The van der Waals surface area contributed by atoms with Crippen LogP contribution in [0.1, 0.15) is 10.4 Å². The molecular weight excluding hydrogens is 360 g/mol. The van der Waals surface area contributed by atoms with Crippen LogP contribution < -0.4 is 5.32 Å². The van der Waals surface area contributed by atoms with Crippen molar-refractivity contribution in [3.8, 4) is 0 Å². The third-order valence-corrected chi connectivity index (χ3v) is 3.09. The largest absolute Gasteiger partial charge is 0.479 e. The number of benzene rings is 1. The van der Waals surface area contributed by atoms with Crippen LogP contribution >= 0.6 is 34.2 Å². The van der Waals surface area contributed by atoms with Crippen LogP contribution in [0.5, 0.6) is 0 Å². The van der Waals surface area contributed by atoms with E-state index >= 15 is 0 Å². The fraction of sp³-hybridized carbons (Fsp3) is 0.200. The van der Waals surface area contributed by atoms with E-state index in [4.69, 9.17) is 21.8 Å². The summed E-state index contributed by atoms with van der Waals surface area (Å²) < 4.78 is 0.689. The molecule has 1 amide bonds. The lowest BCUT2D eigenvalue weighted by atomic mass is 10.2. The standard InChI is InChI=1S/C10H9ClINO4/c11-5-1-2-7(12)6(3-5)9(15)13-4-8(14)10(16)17/h1-3,8,14H,4H2,(H,13,15)(H,16,17). The van der Waals surface area contributed by atoms with E-state index in [-0.39, 0.29) is 6.54 Å². The summed E-state index contributed by atoms with van der Waals surface area (Å²) in [5, 5.41) is 20.2. The van der Waals surface area contributed by atoms with Gasteiger partial charge in [-0.25, -0.2) is 4.79 Å². The number of amides is 1. The average Bonchev–Trinajstić information content (AvgIpc) is 2.28. The van der Waals surface area contributed by atoms with Gasteiger partial charge in [0.05, 0.1) is 12.1 Å². The number of aliphatic hydroxyl groups is 1. The number of halogens is 2. The van der Waals surface area contributed by atoms with Crippen LogP contribution in [0.4, 0.5) is 0 Å². The summed E-state index contributed by atoms with van der Waals surface area (Å²) in [7, 11) is 0. The Morgan fingerprint density at radius 1 is 1.47 bits per heavy atom. The smallest absolute Gasteiger partial charge is 0.334 e. The zero-order valence-electron chi connectivity index (χ0n) is 8.48. The number of nitrogens with one attached hydrogen (secondary N) is 1. The molecule has 0 aliphatic heterocycles. The summed E-state index contributed by atoms with van der Waals surface area (Å²) >= 11 is 7.71. The Labute approximate surface area is 116 Å². The van der Waals surface area contributed by atoms with Gasteiger partial charge in [-0.3, -0.25) is 4.79 Å². The zero-order valence-corrected chi connectivity index (χ0v) is 11.4. The molecule has 0 aromatic heterocycles. The lowest BCUT2D eigenvalue weighted by Gasteiger charge is -2.09. The number of aliphatic carboxylic acids is 1. The molecule has 0 bridgehead atoms. The molecule has 0 aliphatic rings. The van der Waals surface area contributed by atoms with Gasteiger partial charge in [0.25, 0.3) is 5.91 Å². The van der Waals surface area contributed by atoms with Gasteiger partial charge in [0.1, 0.15) is 0 Å². The van der Waals surface area contributed by atoms with E-state index in [1.807, 2.05) is 22.6 Å². The van der Waals surface area contributed by atoms with E-state index in [2.05, 4.69) is 5.32 Å². The van der Waals surface area contributed by atoms with Crippen molar-refractivity contribution in [2.75, 3.05) is 6.54 Å². The molecule has 1 atom stereocenters. The van der Waals surface area contributed by atoms with E-state index < -0.39 is 18.0 Å². The molecule has 0 radical (unpaired) electrons. The van der Waals surface area contributed by atoms with Gasteiger partial charge in [0.2, 0.25) is 0 Å². The topological polar surface area (TPSA) is 86.6 Å². The van der Waals surface area contributed by atoms with Crippen LogP contribution in [0.2, 0.25) is 5.02 Å². The highest BCUT2D eigenvalue weighted by molar-refractivity contribution is 14.1. The van der Waals surface area contributed by atoms with Gasteiger partial charge < -0.3 is 15.5 Å². The maximum atomic E-state index is 11.7. The van der Waals surface area contributed by atoms with Crippen LogP contribution in [0.25, 0.3) is 0 Å². The fourth-order valence-electron chi connectivity index (χ4n) is 1.04. The molecule has 0 fully saturated rings. The fourth-order valence-corrected chi connectivity index (χ4v) is 1.80. The third kappa shape index (κ3) is 4.14. The van der Waals surface area contributed by atoms with Crippen molar-refractivity contribution >= 4 is 46.1 Å². The van der Waals surface area contributed by atoms with Crippen molar-refractivity contribution in [2.45, 2.75) is 6.10 Å². The summed E-state index contributed by atoms with van der Waals surface area (Å²) in [5.74, 6) is -1.86. The Morgan fingerprint density at radius 3 is 2.71 bits per heavy atom. The highest BCUT2D eigenvalue weighted by Gasteiger charge is 2.16. The average molecular weight is 370 g/mol. The molecule has 0 saturated carbocycles. The minimum absolute atomic E-state index is 0.343. The van der Waals surface area contributed by atoms with E-state index in [1.54, 1.807) is 12.1 Å². The van der Waals surface area contributed by atoms with Gasteiger partial charge in [-0.1, -0.05) is 11.6 Å². The normalized spacial score (nSPS) is 11.9. The maximum absolute atomic E-state index is 11.7. The molecule has 1 unspecified atom stereocenters. The molecular formula is C10H9ClINO4. The van der Waals surface area contributed by atoms with Crippen molar-refractivity contribution in [3.05, 3.63) is 32.4 Å². The van der Waals surface area contributed by atoms with Gasteiger partial charge in [-0.2, -0.15) is 0 Å². The third-order valence-electron chi connectivity index (χ3n) is 1.91. The number of rotatable bonds is 4. The number of carbonyl (C=O) groups is 2. The SMILES string of the molecule is O=C(NCC(O)C(=O)O)c1cc(Cl)ccc1I. The first-order valence-electron chi connectivity index (χ1n) is 4.56. The molecule has 0 spiro atoms. The summed E-state index contributed by atoms with van der Waals surface area (Å²) in [4.78, 5) is 22.0. The highest BCUT2D eigenvalue weighted by atomic mass is 127. The first-order chi connectivity index (χ1) is 7.91. The van der Waals surface area contributed by atoms with Crippen LogP contribution in [0.15, 0.2) is 18.2 Å². The Balaban J connectivity index is 2.70. The van der Waals surface area contributed by atoms with Crippen molar-refractivity contribution in [3.63, 3.8) is 0 Å². The monoisotopic (exact) mass is 369 g/mol. The van der Waals surface area contributed by atoms with Gasteiger partial charge in [-0.05, 0) is 40.8 Å². The molecule has 92 valence electrons. The second kappa shape index (κ2) is 6.18. The van der Waals surface area contributed by atoms with Gasteiger partial charge >= 0.3 is 5.97 Å². The molecule has 7 heteroatoms. The summed E-state index contributed by atoms with van der Waals surface area (Å²) in [5.41, 5.74) is 0.343. The Hall–Kier alpha value is -0.860. The van der Waals surface area contributed by atoms with Gasteiger partial charge in [-0.15, -0.1) is 0 Å². The summed E-state index contributed by atoms with van der Waals surface area (Å²) in [6, 6.07) is 4.80. The van der Waals surface area contributed by atoms with Crippen molar-refractivity contribution < 1.29 is 19.8 Å². The molecule has 1 rings (SSSR count). The van der Waals surface area contributed by atoms with Crippen LogP contribution in [0.3, 0.4) is 0 Å². The number of carbonyl (C=O) groups excluding carboxylic acids is 1. The molecule has 3 N–H and O–H groups in total. The predicted octanol–water partition coefficient (Wildman–Crippen LogP) is 1.12. The highest BCUT2D eigenvalue weighted by Crippen LogP contribution is 2.17. The minimum Gasteiger partial charge on any atom is -0.479 e. The second-order valence-corrected chi connectivity index (χ2v) is 4.79. The number of hydrogen-bond donors (Lipinski definition) is 3. The van der Waals surface area contributed by atoms with Gasteiger partial charge in [0.15, 0.2) is 6.10 Å². The number of hydrogen-bond acceptors (Lipinski definition) is 3. The van der Waals surface area contributed by atoms with Crippen LogP contribution in [-0.4, -0.2) is 34.7 Å². The number of carboxylic acid groups (broad SMARTS) is 1. The molecule has 0 saturated heterocycles. The number of aliphatic hydroxyl groups excluding tert-OH is 1.